The molecule has 0 saturated heterocycles. The molecule has 0 fully saturated rings. The van der Waals surface area contributed by atoms with Gasteiger partial charge in [0.25, 0.3) is 0 Å². The first-order valence-corrected chi connectivity index (χ1v) is 4.42. The molecule has 1 heterocycles. The van der Waals surface area contributed by atoms with E-state index < -0.39 is 11.7 Å². The fourth-order valence-corrected chi connectivity index (χ4v) is 1.33. The zero-order valence-corrected chi connectivity index (χ0v) is 7.95. The van der Waals surface area contributed by atoms with Gasteiger partial charge in [-0.3, -0.25) is 4.57 Å². The highest BCUT2D eigenvalue weighted by molar-refractivity contribution is 5.35. The van der Waals surface area contributed by atoms with Crippen LogP contribution in [0.5, 0.6) is 0 Å². The molecule has 1 aromatic heterocycles. The van der Waals surface area contributed by atoms with Crippen LogP contribution in [-0.4, -0.2) is 9.55 Å². The summed E-state index contributed by atoms with van der Waals surface area (Å²) in [5, 5.41) is 0. The van der Waals surface area contributed by atoms with Crippen molar-refractivity contribution in [2.24, 2.45) is 0 Å². The molecule has 84 valence electrons. The van der Waals surface area contributed by atoms with Gasteiger partial charge in [0.2, 0.25) is 0 Å². The normalized spacial score (nSPS) is 11.7. The second kappa shape index (κ2) is 3.55. The van der Waals surface area contributed by atoms with Crippen LogP contribution in [0.15, 0.2) is 41.5 Å². The van der Waals surface area contributed by atoms with Crippen LogP contribution in [0.1, 0.15) is 5.56 Å². The topological polar surface area (TPSA) is 37.8 Å². The highest BCUT2D eigenvalue weighted by atomic mass is 19.4. The molecule has 0 radical (unpaired) electrons. The summed E-state index contributed by atoms with van der Waals surface area (Å²) < 4.78 is 38.0. The number of imidazole rings is 1. The van der Waals surface area contributed by atoms with Crippen LogP contribution in [0.25, 0.3) is 5.69 Å². The van der Waals surface area contributed by atoms with Gasteiger partial charge in [-0.05, 0) is 24.3 Å². The average Bonchev–Trinajstić information content (AvgIpc) is 2.63. The number of rotatable bonds is 1. The molecule has 3 nitrogen and oxygen atoms in total. The van der Waals surface area contributed by atoms with Gasteiger partial charge in [-0.2, -0.15) is 13.2 Å². The van der Waals surface area contributed by atoms with E-state index in [1.807, 2.05) is 0 Å². The van der Waals surface area contributed by atoms with Gasteiger partial charge in [0, 0.05) is 12.4 Å². The number of nitrogens with zero attached hydrogens (tertiary/aromatic N) is 1. The molecule has 0 unspecified atom stereocenters. The minimum Gasteiger partial charge on any atom is -0.312 e. The molecule has 1 N–H and O–H groups in total. The van der Waals surface area contributed by atoms with Gasteiger partial charge >= 0.3 is 11.9 Å². The van der Waals surface area contributed by atoms with Crippen molar-refractivity contribution in [2.75, 3.05) is 0 Å². The number of halogens is 3. The third kappa shape index (κ3) is 1.86. The number of benzene rings is 1. The van der Waals surface area contributed by atoms with Crippen molar-refractivity contribution >= 4 is 0 Å². The second-order valence-corrected chi connectivity index (χ2v) is 3.18. The molecule has 6 heteroatoms. The molecule has 16 heavy (non-hydrogen) atoms. The minimum absolute atomic E-state index is 0.388. The van der Waals surface area contributed by atoms with E-state index in [1.165, 1.54) is 29.1 Å². The van der Waals surface area contributed by atoms with Crippen LogP contribution < -0.4 is 5.69 Å². The molecule has 0 atom stereocenters. The van der Waals surface area contributed by atoms with Crippen LogP contribution in [0.3, 0.4) is 0 Å². The molecule has 0 aliphatic rings. The van der Waals surface area contributed by atoms with Gasteiger partial charge < -0.3 is 4.98 Å². The number of nitrogens with one attached hydrogen (secondary N) is 1. The fourth-order valence-electron chi connectivity index (χ4n) is 1.33. The number of H-pyrrole nitrogens is 1. The number of hydrogen-bond donors (Lipinski definition) is 1. The van der Waals surface area contributed by atoms with E-state index in [1.54, 1.807) is 0 Å². The Kier molecular flexibility index (Phi) is 2.34. The maximum atomic E-state index is 12.3. The smallest absolute Gasteiger partial charge is 0.312 e. The van der Waals surface area contributed by atoms with Gasteiger partial charge in [0.15, 0.2) is 0 Å². The Bertz CT molecular complexity index is 536. The molecular formula is C10H7F3N2O. The minimum atomic E-state index is -4.36. The summed E-state index contributed by atoms with van der Waals surface area (Å²) in [5.74, 6) is 0. The van der Waals surface area contributed by atoms with Gasteiger partial charge in [-0.25, -0.2) is 4.79 Å². The standard InChI is InChI=1S/C10H7F3N2O/c11-10(12,13)7-1-3-8(4-2-7)15-6-5-14-9(15)16/h1-6H,(H,14,16). The quantitative estimate of drug-likeness (QED) is 0.798. The van der Waals surface area contributed by atoms with Crippen LogP contribution >= 0.6 is 0 Å². The van der Waals surface area contributed by atoms with Crippen molar-refractivity contribution in [2.45, 2.75) is 6.18 Å². The summed E-state index contributed by atoms with van der Waals surface area (Å²) in [6, 6.07) is 4.37. The van der Waals surface area contributed by atoms with Crippen LogP contribution in [-0.2, 0) is 6.18 Å². The van der Waals surface area contributed by atoms with E-state index in [0.29, 0.717) is 5.69 Å². The van der Waals surface area contributed by atoms with Crippen LogP contribution in [0.4, 0.5) is 13.2 Å². The van der Waals surface area contributed by atoms with E-state index in [2.05, 4.69) is 4.98 Å². The Hall–Kier alpha value is -1.98. The summed E-state index contributed by atoms with van der Waals surface area (Å²) in [5.41, 5.74) is -0.737. The summed E-state index contributed by atoms with van der Waals surface area (Å²) in [4.78, 5) is 13.6. The predicted octanol–water partition coefficient (Wildman–Crippen LogP) is 2.18. The summed E-state index contributed by atoms with van der Waals surface area (Å²) in [7, 11) is 0. The average molecular weight is 228 g/mol. The summed E-state index contributed by atoms with van der Waals surface area (Å²) in [6.07, 6.45) is -1.49. The van der Waals surface area contributed by atoms with E-state index in [9.17, 15) is 18.0 Å². The van der Waals surface area contributed by atoms with E-state index in [-0.39, 0.29) is 5.69 Å². The first-order valence-electron chi connectivity index (χ1n) is 4.42. The van der Waals surface area contributed by atoms with Crippen molar-refractivity contribution in [3.05, 3.63) is 52.7 Å². The van der Waals surface area contributed by atoms with Gasteiger partial charge in [-0.15, -0.1) is 0 Å². The molecule has 2 rings (SSSR count). The first-order chi connectivity index (χ1) is 7.48. The van der Waals surface area contributed by atoms with Gasteiger partial charge in [0.05, 0.1) is 11.3 Å². The second-order valence-electron chi connectivity index (χ2n) is 3.18. The maximum Gasteiger partial charge on any atom is 0.416 e. The van der Waals surface area contributed by atoms with Crippen molar-refractivity contribution in [3.63, 3.8) is 0 Å². The van der Waals surface area contributed by atoms with Gasteiger partial charge in [0.1, 0.15) is 0 Å². The monoisotopic (exact) mass is 228 g/mol. The number of hydrogen-bond acceptors (Lipinski definition) is 1. The molecule has 0 bridgehead atoms. The lowest BCUT2D eigenvalue weighted by Crippen LogP contribution is -2.14. The number of aromatic nitrogens is 2. The molecule has 0 amide bonds. The molecule has 0 aliphatic carbocycles. The molecule has 2 aromatic rings. The highest BCUT2D eigenvalue weighted by Gasteiger charge is 2.29. The molecular weight excluding hydrogens is 221 g/mol. The summed E-state index contributed by atoms with van der Waals surface area (Å²) in [6.45, 7) is 0. The zero-order valence-electron chi connectivity index (χ0n) is 7.95. The lowest BCUT2D eigenvalue weighted by atomic mass is 10.2. The molecule has 1 aromatic carbocycles. The highest BCUT2D eigenvalue weighted by Crippen LogP contribution is 2.29. The Morgan fingerprint density at radius 2 is 1.75 bits per heavy atom. The summed E-state index contributed by atoms with van der Waals surface area (Å²) >= 11 is 0. The molecule has 0 spiro atoms. The Morgan fingerprint density at radius 1 is 1.12 bits per heavy atom. The van der Waals surface area contributed by atoms with Gasteiger partial charge in [-0.1, -0.05) is 0 Å². The molecule has 0 aliphatic heterocycles. The van der Waals surface area contributed by atoms with Crippen molar-refractivity contribution in [3.8, 4) is 5.69 Å². The van der Waals surface area contributed by atoms with Crippen molar-refractivity contribution < 1.29 is 13.2 Å². The zero-order chi connectivity index (χ0) is 11.8. The number of aromatic amines is 1. The maximum absolute atomic E-state index is 12.3. The first kappa shape index (κ1) is 10.5. The van der Waals surface area contributed by atoms with Crippen molar-refractivity contribution in [1.82, 2.24) is 9.55 Å². The largest absolute Gasteiger partial charge is 0.416 e. The van der Waals surface area contributed by atoms with E-state index in [0.717, 1.165) is 12.1 Å². The predicted molar refractivity (Wildman–Crippen MR) is 51.4 cm³/mol. The lowest BCUT2D eigenvalue weighted by molar-refractivity contribution is -0.137. The van der Waals surface area contributed by atoms with E-state index in [4.69, 9.17) is 0 Å². The molecule has 0 saturated carbocycles. The fraction of sp³-hybridized carbons (Fsp3) is 0.100. The Balaban J connectivity index is 2.41. The SMILES string of the molecule is O=c1[nH]ccn1-c1ccc(C(F)(F)F)cc1. The lowest BCUT2D eigenvalue weighted by Gasteiger charge is -2.07. The Labute approximate surface area is 88.2 Å². The van der Waals surface area contributed by atoms with E-state index >= 15 is 0 Å². The van der Waals surface area contributed by atoms with Crippen LogP contribution in [0, 0.1) is 0 Å². The van der Waals surface area contributed by atoms with Crippen LogP contribution in [0.2, 0.25) is 0 Å². The van der Waals surface area contributed by atoms with Crippen molar-refractivity contribution in [1.29, 1.82) is 0 Å². The Morgan fingerprint density at radius 3 is 2.19 bits per heavy atom. The number of alkyl halides is 3. The third-order valence-corrected chi connectivity index (χ3v) is 2.12. The third-order valence-electron chi connectivity index (χ3n) is 2.12.